The standard InChI is InChI=1S/C34H40N6O9.CO2/c1-34(2,3)49-33(48)37-27(32(46)47)7-5-4-6-8-28(42)35-20-26(41)19-22-9-11-24(12-10-22)38-39-25-15-13-23(14-16-25)36-29(43)21-40-30(44)17-18-31(40)45;2-1-3/h9-18,27H,4-8,19-21H2,1-3H3,(H,35,42)(H,36,43)(H,37,48)(H,46,47);/t27-;/m0./s1. The van der Waals surface area contributed by atoms with E-state index >= 15 is 0 Å². The molecule has 5 amide bonds. The molecule has 0 radical (unpaired) electrons. The van der Waals surface area contributed by atoms with Crippen LogP contribution >= 0.6 is 0 Å². The molecule has 4 N–H and O–H groups in total. The lowest BCUT2D eigenvalue weighted by atomic mass is 10.1. The lowest BCUT2D eigenvalue weighted by Crippen LogP contribution is -2.43. The van der Waals surface area contributed by atoms with Crippen molar-refractivity contribution in [3.05, 3.63) is 66.2 Å². The van der Waals surface area contributed by atoms with Gasteiger partial charge in [0.2, 0.25) is 11.8 Å². The van der Waals surface area contributed by atoms with Crippen molar-refractivity contribution in [1.29, 1.82) is 0 Å². The van der Waals surface area contributed by atoms with Crippen LogP contribution in [0.3, 0.4) is 0 Å². The van der Waals surface area contributed by atoms with Crippen LogP contribution in [0.5, 0.6) is 0 Å². The molecule has 52 heavy (non-hydrogen) atoms. The van der Waals surface area contributed by atoms with E-state index in [2.05, 4.69) is 26.2 Å². The van der Waals surface area contributed by atoms with Crippen LogP contribution in [0.25, 0.3) is 0 Å². The number of carboxylic acid groups (broad SMARTS) is 1. The molecule has 1 heterocycles. The highest BCUT2D eigenvalue weighted by Crippen LogP contribution is 2.21. The third-order valence-electron chi connectivity index (χ3n) is 6.84. The van der Waals surface area contributed by atoms with Gasteiger partial charge in [0, 0.05) is 30.7 Å². The Hall–Kier alpha value is -6.35. The Morgan fingerprint density at radius 2 is 1.40 bits per heavy atom. The van der Waals surface area contributed by atoms with Gasteiger partial charge in [-0.2, -0.15) is 19.8 Å². The van der Waals surface area contributed by atoms with E-state index in [0.29, 0.717) is 36.3 Å². The summed E-state index contributed by atoms with van der Waals surface area (Å²) in [6.45, 7) is 4.53. The molecule has 0 fully saturated rings. The molecule has 0 saturated heterocycles. The highest BCUT2D eigenvalue weighted by molar-refractivity contribution is 6.15. The first-order valence-electron chi connectivity index (χ1n) is 16.0. The Balaban J connectivity index is 0.00000301. The number of unbranched alkanes of at least 4 members (excludes halogenated alkanes) is 2. The van der Waals surface area contributed by atoms with Gasteiger partial charge in [-0.15, -0.1) is 0 Å². The van der Waals surface area contributed by atoms with Crippen LogP contribution in [0, 0.1) is 0 Å². The molecule has 0 saturated carbocycles. The Bertz CT molecular complexity index is 1670. The third kappa shape index (κ3) is 16.4. The molecule has 1 aliphatic rings. The number of nitrogens with zero attached hydrogens (tertiary/aromatic N) is 3. The Morgan fingerprint density at radius 1 is 0.846 bits per heavy atom. The summed E-state index contributed by atoms with van der Waals surface area (Å²) in [4.78, 5) is 100. The van der Waals surface area contributed by atoms with Crippen LogP contribution in [0.2, 0.25) is 0 Å². The zero-order valence-electron chi connectivity index (χ0n) is 28.9. The predicted molar refractivity (Wildman–Crippen MR) is 182 cm³/mol. The van der Waals surface area contributed by atoms with Crippen LogP contribution in [-0.2, 0) is 49.5 Å². The molecule has 0 aromatic heterocycles. The largest absolute Gasteiger partial charge is 0.480 e. The number of amides is 5. The van der Waals surface area contributed by atoms with Crippen molar-refractivity contribution < 1.29 is 53.0 Å². The Kier molecular flexibility index (Phi) is 16.9. The maximum atomic E-state index is 12.4. The molecule has 2 aromatic carbocycles. The fourth-order valence-corrected chi connectivity index (χ4v) is 4.43. The van der Waals surface area contributed by atoms with Gasteiger partial charge in [0.15, 0.2) is 5.78 Å². The highest BCUT2D eigenvalue weighted by Gasteiger charge is 2.26. The number of carbonyl (C=O) groups excluding carboxylic acids is 8. The Labute approximate surface area is 298 Å². The van der Waals surface area contributed by atoms with Gasteiger partial charge in [0.1, 0.15) is 18.2 Å². The van der Waals surface area contributed by atoms with E-state index in [1.54, 1.807) is 69.3 Å². The first kappa shape index (κ1) is 41.8. The average molecular weight is 721 g/mol. The number of anilines is 1. The number of benzene rings is 2. The number of hydrogen-bond donors (Lipinski definition) is 4. The van der Waals surface area contributed by atoms with Crippen molar-refractivity contribution >= 4 is 64.7 Å². The molecule has 0 bridgehead atoms. The topological polar surface area (TPSA) is 247 Å². The third-order valence-corrected chi connectivity index (χ3v) is 6.84. The molecule has 1 aliphatic heterocycles. The normalized spacial score (nSPS) is 12.7. The second kappa shape index (κ2) is 21.0. The number of nitrogens with one attached hydrogen (secondary N) is 3. The average Bonchev–Trinajstić information content (AvgIpc) is 3.38. The van der Waals surface area contributed by atoms with Crippen molar-refractivity contribution in [2.75, 3.05) is 18.4 Å². The van der Waals surface area contributed by atoms with E-state index in [4.69, 9.17) is 14.3 Å². The smallest absolute Gasteiger partial charge is 0.408 e. The van der Waals surface area contributed by atoms with Crippen molar-refractivity contribution in [3.63, 3.8) is 0 Å². The van der Waals surface area contributed by atoms with E-state index in [9.17, 15) is 38.7 Å². The summed E-state index contributed by atoms with van der Waals surface area (Å²) in [6, 6.07) is 12.3. The predicted octanol–water partition coefficient (Wildman–Crippen LogP) is 3.54. The van der Waals surface area contributed by atoms with Crippen LogP contribution in [0.1, 0.15) is 58.4 Å². The lowest BCUT2D eigenvalue weighted by molar-refractivity contribution is -0.191. The molecule has 0 unspecified atom stereocenters. The van der Waals surface area contributed by atoms with Gasteiger partial charge < -0.3 is 25.8 Å². The number of alkyl carbamates (subject to hydrolysis) is 1. The minimum Gasteiger partial charge on any atom is -0.480 e. The summed E-state index contributed by atoms with van der Waals surface area (Å²) in [5, 5.41) is 25.2. The van der Waals surface area contributed by atoms with Gasteiger partial charge in [0.05, 0.1) is 17.9 Å². The second-order valence-corrected chi connectivity index (χ2v) is 12.3. The van der Waals surface area contributed by atoms with E-state index in [0.717, 1.165) is 22.6 Å². The van der Waals surface area contributed by atoms with Gasteiger partial charge >= 0.3 is 18.2 Å². The monoisotopic (exact) mass is 720 g/mol. The van der Waals surface area contributed by atoms with Crippen LogP contribution < -0.4 is 16.0 Å². The number of ether oxygens (including phenoxy) is 1. The first-order chi connectivity index (χ1) is 24.6. The van der Waals surface area contributed by atoms with Crippen molar-refractivity contribution in [2.24, 2.45) is 10.2 Å². The minimum atomic E-state index is -1.16. The molecule has 2 aromatic rings. The SMILES string of the molecule is CC(C)(C)OC(=O)N[C@@H](CCCCCC(=O)NCC(=O)Cc1ccc(N=Nc2ccc(NC(=O)CN3C(=O)C=CC3=O)cc2)cc1)C(=O)O.O=C=O. The number of carboxylic acids is 1. The molecule has 17 heteroatoms. The van der Waals surface area contributed by atoms with E-state index in [1.165, 1.54) is 0 Å². The van der Waals surface area contributed by atoms with Crippen LogP contribution in [0.4, 0.5) is 21.9 Å². The van der Waals surface area contributed by atoms with Gasteiger partial charge in [-0.25, -0.2) is 9.59 Å². The summed E-state index contributed by atoms with van der Waals surface area (Å²) in [5.74, 6) is -3.22. The number of hydrogen-bond acceptors (Lipinski definition) is 12. The molecule has 3 rings (SSSR count). The number of carbonyl (C=O) groups is 7. The van der Waals surface area contributed by atoms with E-state index < -0.39 is 41.4 Å². The fraction of sp³-hybridized carbons (Fsp3) is 0.371. The molecular formula is C35H40N6O11. The summed E-state index contributed by atoms with van der Waals surface area (Å²) >= 11 is 0. The van der Waals surface area contributed by atoms with Gasteiger partial charge in [-0.3, -0.25) is 28.9 Å². The number of imide groups is 1. The van der Waals surface area contributed by atoms with E-state index in [1.807, 2.05) is 0 Å². The quantitative estimate of drug-likeness (QED) is 0.105. The maximum absolute atomic E-state index is 12.4. The van der Waals surface area contributed by atoms with Crippen molar-refractivity contribution in [1.82, 2.24) is 15.5 Å². The second-order valence-electron chi connectivity index (χ2n) is 12.3. The first-order valence-corrected chi connectivity index (χ1v) is 16.0. The van der Waals surface area contributed by atoms with Crippen LogP contribution in [0.15, 0.2) is 70.9 Å². The maximum Gasteiger partial charge on any atom is 0.408 e. The van der Waals surface area contributed by atoms with Gasteiger partial charge in [0.25, 0.3) is 11.8 Å². The summed E-state index contributed by atoms with van der Waals surface area (Å²) in [7, 11) is 0. The van der Waals surface area contributed by atoms with Crippen molar-refractivity contribution in [3.8, 4) is 0 Å². The van der Waals surface area contributed by atoms with Gasteiger partial charge in [-0.05, 0) is 75.6 Å². The lowest BCUT2D eigenvalue weighted by Gasteiger charge is -2.22. The zero-order valence-corrected chi connectivity index (χ0v) is 28.9. The summed E-state index contributed by atoms with van der Waals surface area (Å²) < 4.78 is 5.09. The molecule has 17 nitrogen and oxygen atoms in total. The number of Topliss-reactive ketones (excluding diaryl/α,β-unsaturated/α-hetero) is 1. The zero-order chi connectivity index (χ0) is 38.7. The number of azo groups is 1. The number of aliphatic carboxylic acids is 1. The van der Waals surface area contributed by atoms with Crippen molar-refractivity contribution in [2.45, 2.75) is 70.9 Å². The number of rotatable bonds is 17. The summed E-state index contributed by atoms with van der Waals surface area (Å²) in [6.07, 6.45) is 3.71. The van der Waals surface area contributed by atoms with Crippen LogP contribution in [-0.4, -0.2) is 82.4 Å². The highest BCUT2D eigenvalue weighted by atomic mass is 16.6. The molecular weight excluding hydrogens is 680 g/mol. The minimum absolute atomic E-state index is 0.114. The molecule has 1 atom stereocenters. The van der Waals surface area contributed by atoms with Gasteiger partial charge in [-0.1, -0.05) is 25.0 Å². The Morgan fingerprint density at radius 3 is 1.94 bits per heavy atom. The van der Waals surface area contributed by atoms with E-state index in [-0.39, 0.29) is 50.2 Å². The molecule has 276 valence electrons. The fourth-order valence-electron chi connectivity index (χ4n) is 4.43. The number of ketones is 1. The molecule has 0 spiro atoms. The summed E-state index contributed by atoms with van der Waals surface area (Å²) in [5.41, 5.74) is 1.51. The molecule has 0 aliphatic carbocycles.